The summed E-state index contributed by atoms with van der Waals surface area (Å²) < 4.78 is 1.51. The largest absolute Gasteiger partial charge is 0.505 e. The van der Waals surface area contributed by atoms with E-state index in [-0.39, 0.29) is 11.3 Å². The van der Waals surface area contributed by atoms with E-state index in [9.17, 15) is 9.90 Å². The van der Waals surface area contributed by atoms with Crippen LogP contribution >= 0.6 is 0 Å². The standard InChI is InChI=1S/C11H12N2O2/c1-3-13-6-12-9-8(11(13)15)5-4-7(2)10(9)14/h4-6,14H,3H2,1-2H3. The third-order valence-corrected chi connectivity index (χ3v) is 2.51. The number of phenolic OH excluding ortho intramolecular Hbond substituents is 1. The first kappa shape index (κ1) is 9.71. The molecule has 0 saturated carbocycles. The number of phenols is 1. The van der Waals surface area contributed by atoms with Crippen LogP contribution in [0.15, 0.2) is 23.3 Å². The molecule has 0 unspecified atom stereocenters. The molecule has 0 amide bonds. The van der Waals surface area contributed by atoms with Crippen molar-refractivity contribution in [2.24, 2.45) is 0 Å². The summed E-state index contributed by atoms with van der Waals surface area (Å²) in [6.45, 7) is 4.24. The van der Waals surface area contributed by atoms with E-state index < -0.39 is 0 Å². The van der Waals surface area contributed by atoms with E-state index in [0.29, 0.717) is 17.4 Å². The minimum absolute atomic E-state index is 0.0906. The third kappa shape index (κ3) is 1.38. The van der Waals surface area contributed by atoms with Crippen LogP contribution in [0.4, 0.5) is 0 Å². The Hall–Kier alpha value is -1.84. The van der Waals surface area contributed by atoms with Crippen LogP contribution in [0, 0.1) is 6.92 Å². The van der Waals surface area contributed by atoms with E-state index in [0.717, 1.165) is 5.56 Å². The summed E-state index contributed by atoms with van der Waals surface area (Å²) in [5.74, 6) is 0.0906. The predicted molar refractivity (Wildman–Crippen MR) is 58.1 cm³/mol. The Balaban J connectivity index is 2.92. The summed E-state index contributed by atoms with van der Waals surface area (Å²) in [7, 11) is 0. The fourth-order valence-electron chi connectivity index (χ4n) is 1.54. The first-order valence-electron chi connectivity index (χ1n) is 4.83. The molecule has 4 nitrogen and oxygen atoms in total. The quantitative estimate of drug-likeness (QED) is 0.764. The molecular weight excluding hydrogens is 192 g/mol. The van der Waals surface area contributed by atoms with Gasteiger partial charge in [0.25, 0.3) is 5.56 Å². The fraction of sp³-hybridized carbons (Fsp3) is 0.273. The molecule has 1 N–H and O–H groups in total. The lowest BCUT2D eigenvalue weighted by Gasteiger charge is -2.05. The van der Waals surface area contributed by atoms with Gasteiger partial charge in [-0.05, 0) is 25.5 Å². The Labute approximate surface area is 86.8 Å². The highest BCUT2D eigenvalue weighted by molar-refractivity contribution is 5.84. The van der Waals surface area contributed by atoms with Crippen molar-refractivity contribution >= 4 is 10.9 Å². The molecule has 0 radical (unpaired) electrons. The van der Waals surface area contributed by atoms with Crippen molar-refractivity contribution in [3.8, 4) is 5.75 Å². The van der Waals surface area contributed by atoms with Crippen LogP contribution in [0.5, 0.6) is 5.75 Å². The number of benzene rings is 1. The van der Waals surface area contributed by atoms with Gasteiger partial charge in [-0.3, -0.25) is 9.36 Å². The molecule has 0 aliphatic heterocycles. The topological polar surface area (TPSA) is 55.1 Å². The molecule has 0 atom stereocenters. The number of fused-ring (bicyclic) bond motifs is 1. The maximum absolute atomic E-state index is 11.8. The highest BCUT2D eigenvalue weighted by Gasteiger charge is 2.08. The number of aromatic nitrogens is 2. The van der Waals surface area contributed by atoms with Crippen LogP contribution in [-0.2, 0) is 6.54 Å². The number of aromatic hydroxyl groups is 1. The lowest BCUT2D eigenvalue weighted by atomic mass is 10.1. The minimum Gasteiger partial charge on any atom is -0.505 e. The average molecular weight is 204 g/mol. The number of aryl methyl sites for hydroxylation is 2. The van der Waals surface area contributed by atoms with Crippen molar-refractivity contribution in [2.75, 3.05) is 0 Å². The molecule has 1 aromatic carbocycles. The van der Waals surface area contributed by atoms with Gasteiger partial charge in [0, 0.05) is 6.54 Å². The normalized spacial score (nSPS) is 10.8. The van der Waals surface area contributed by atoms with Crippen LogP contribution in [0.2, 0.25) is 0 Å². The summed E-state index contributed by atoms with van der Waals surface area (Å²) in [5, 5.41) is 10.2. The Morgan fingerprint density at radius 3 is 2.87 bits per heavy atom. The molecular formula is C11H12N2O2. The molecule has 0 aliphatic rings. The second-order valence-corrected chi connectivity index (χ2v) is 3.46. The molecule has 0 bridgehead atoms. The maximum atomic E-state index is 11.8. The monoisotopic (exact) mass is 204 g/mol. The molecule has 1 aromatic heterocycles. The second-order valence-electron chi connectivity index (χ2n) is 3.46. The summed E-state index contributed by atoms with van der Waals surface area (Å²) in [4.78, 5) is 15.9. The highest BCUT2D eigenvalue weighted by Crippen LogP contribution is 2.23. The van der Waals surface area contributed by atoms with Gasteiger partial charge in [0.05, 0.1) is 11.7 Å². The molecule has 2 rings (SSSR count). The van der Waals surface area contributed by atoms with E-state index >= 15 is 0 Å². The van der Waals surface area contributed by atoms with Gasteiger partial charge in [0.2, 0.25) is 0 Å². The van der Waals surface area contributed by atoms with Crippen LogP contribution < -0.4 is 5.56 Å². The van der Waals surface area contributed by atoms with Crippen LogP contribution in [0.25, 0.3) is 10.9 Å². The van der Waals surface area contributed by atoms with Crippen molar-refractivity contribution in [2.45, 2.75) is 20.4 Å². The fourth-order valence-corrected chi connectivity index (χ4v) is 1.54. The highest BCUT2D eigenvalue weighted by atomic mass is 16.3. The van der Waals surface area contributed by atoms with Gasteiger partial charge in [0.15, 0.2) is 0 Å². The zero-order valence-electron chi connectivity index (χ0n) is 8.69. The van der Waals surface area contributed by atoms with Crippen molar-refractivity contribution < 1.29 is 5.11 Å². The Kier molecular flexibility index (Phi) is 2.19. The SMILES string of the molecule is CCn1cnc2c(O)c(C)ccc2c1=O. The van der Waals surface area contributed by atoms with Gasteiger partial charge >= 0.3 is 0 Å². The van der Waals surface area contributed by atoms with Gasteiger partial charge < -0.3 is 5.11 Å². The molecule has 15 heavy (non-hydrogen) atoms. The first-order valence-corrected chi connectivity index (χ1v) is 4.83. The third-order valence-electron chi connectivity index (χ3n) is 2.51. The predicted octanol–water partition coefficient (Wildman–Crippen LogP) is 1.43. The van der Waals surface area contributed by atoms with Crippen molar-refractivity contribution in [1.29, 1.82) is 0 Å². The minimum atomic E-state index is -0.113. The van der Waals surface area contributed by atoms with E-state index in [4.69, 9.17) is 0 Å². The Morgan fingerprint density at radius 2 is 2.20 bits per heavy atom. The van der Waals surface area contributed by atoms with Gasteiger partial charge in [-0.1, -0.05) is 6.07 Å². The van der Waals surface area contributed by atoms with E-state index in [1.807, 2.05) is 6.92 Å². The van der Waals surface area contributed by atoms with Crippen LogP contribution in [0.3, 0.4) is 0 Å². The molecule has 2 aromatic rings. The van der Waals surface area contributed by atoms with E-state index in [1.165, 1.54) is 10.9 Å². The van der Waals surface area contributed by atoms with Gasteiger partial charge in [-0.15, -0.1) is 0 Å². The summed E-state index contributed by atoms with van der Waals surface area (Å²) in [6.07, 6.45) is 1.46. The molecule has 1 heterocycles. The second kappa shape index (κ2) is 3.38. The summed E-state index contributed by atoms with van der Waals surface area (Å²) in [5.41, 5.74) is 0.992. The average Bonchev–Trinajstić information content (AvgIpc) is 2.24. The zero-order chi connectivity index (χ0) is 11.0. The van der Waals surface area contributed by atoms with Crippen molar-refractivity contribution in [3.63, 3.8) is 0 Å². The number of hydrogen-bond acceptors (Lipinski definition) is 3. The Bertz CT molecular complexity index is 573. The Morgan fingerprint density at radius 1 is 1.47 bits per heavy atom. The van der Waals surface area contributed by atoms with Gasteiger partial charge in [-0.25, -0.2) is 4.98 Å². The van der Waals surface area contributed by atoms with Crippen LogP contribution in [0.1, 0.15) is 12.5 Å². The number of nitrogens with zero attached hydrogens (tertiary/aromatic N) is 2. The lowest BCUT2D eigenvalue weighted by Crippen LogP contribution is -2.19. The maximum Gasteiger partial charge on any atom is 0.261 e. The van der Waals surface area contributed by atoms with E-state index in [2.05, 4.69) is 4.98 Å². The van der Waals surface area contributed by atoms with Crippen LogP contribution in [-0.4, -0.2) is 14.7 Å². The number of hydrogen-bond donors (Lipinski definition) is 1. The molecule has 0 fully saturated rings. The summed E-state index contributed by atoms with van der Waals surface area (Å²) in [6, 6.07) is 3.42. The zero-order valence-corrected chi connectivity index (χ0v) is 8.69. The smallest absolute Gasteiger partial charge is 0.261 e. The van der Waals surface area contributed by atoms with Crippen molar-refractivity contribution in [1.82, 2.24) is 9.55 Å². The molecule has 78 valence electrons. The van der Waals surface area contributed by atoms with Gasteiger partial charge in [-0.2, -0.15) is 0 Å². The molecule has 0 aliphatic carbocycles. The number of rotatable bonds is 1. The van der Waals surface area contributed by atoms with Crippen molar-refractivity contribution in [3.05, 3.63) is 34.4 Å². The summed E-state index contributed by atoms with van der Waals surface area (Å²) >= 11 is 0. The molecule has 4 heteroatoms. The first-order chi connectivity index (χ1) is 7.15. The molecule has 0 spiro atoms. The van der Waals surface area contributed by atoms with Gasteiger partial charge in [0.1, 0.15) is 11.3 Å². The lowest BCUT2D eigenvalue weighted by molar-refractivity contribution is 0.476. The van der Waals surface area contributed by atoms with E-state index in [1.54, 1.807) is 19.1 Å². The molecule has 0 saturated heterocycles.